The summed E-state index contributed by atoms with van der Waals surface area (Å²) in [7, 11) is 0. The van der Waals surface area contributed by atoms with E-state index in [4.69, 9.17) is 5.11 Å². The van der Waals surface area contributed by atoms with Crippen molar-refractivity contribution >= 4 is 17.6 Å². The third kappa shape index (κ3) is 1.73. The van der Waals surface area contributed by atoms with Crippen LogP contribution in [0.1, 0.15) is 20.3 Å². The lowest BCUT2D eigenvalue weighted by molar-refractivity contribution is -0.132. The van der Waals surface area contributed by atoms with Crippen LogP contribution < -0.4 is 0 Å². The van der Waals surface area contributed by atoms with Crippen molar-refractivity contribution in [3.63, 3.8) is 0 Å². The molecular weight excluding hydrogens is 170 g/mol. The van der Waals surface area contributed by atoms with Crippen LogP contribution in [0.25, 0.3) is 0 Å². The van der Waals surface area contributed by atoms with Gasteiger partial charge in [0.2, 0.25) is 0 Å². The van der Waals surface area contributed by atoms with Gasteiger partial charge in [-0.05, 0) is 13.8 Å². The maximum Gasteiger partial charge on any atom is 0.338 e. The molecule has 0 aromatic carbocycles. The maximum absolute atomic E-state index is 10.7. The van der Waals surface area contributed by atoms with Gasteiger partial charge in [0.1, 0.15) is 5.94 Å². The van der Waals surface area contributed by atoms with Gasteiger partial charge >= 0.3 is 5.97 Å². The summed E-state index contributed by atoms with van der Waals surface area (Å²) in [4.78, 5) is 25.2. The van der Waals surface area contributed by atoms with E-state index in [9.17, 15) is 9.59 Å². The van der Waals surface area contributed by atoms with E-state index in [2.05, 4.69) is 4.99 Å². The molecule has 0 aliphatic carbocycles. The molecule has 0 amide bonds. The third-order valence-corrected chi connectivity index (χ3v) is 1.79. The van der Waals surface area contributed by atoms with E-state index in [0.717, 1.165) is 5.71 Å². The average molecular weight is 179 g/mol. The summed E-state index contributed by atoms with van der Waals surface area (Å²) in [5, 5.41) is 8.77. The van der Waals surface area contributed by atoms with Gasteiger partial charge in [0.25, 0.3) is 0 Å². The minimum atomic E-state index is -1.12. The molecule has 1 N–H and O–H groups in total. The molecule has 68 valence electrons. The number of rotatable bonds is 1. The van der Waals surface area contributed by atoms with Gasteiger partial charge in [-0.2, -0.15) is 0 Å². The fraction of sp³-hybridized carbons (Fsp3) is 0.333. The molecule has 0 fully saturated rings. The molecule has 0 saturated carbocycles. The number of aliphatic imine (C=N–C) groups is 1. The van der Waals surface area contributed by atoms with Crippen molar-refractivity contribution in [2.75, 3.05) is 0 Å². The molecule has 0 aromatic rings. The summed E-state index contributed by atoms with van der Waals surface area (Å²) in [5.41, 5.74) is 1.27. The Morgan fingerprint density at radius 2 is 2.15 bits per heavy atom. The zero-order chi connectivity index (χ0) is 10.0. The molecule has 0 saturated heterocycles. The van der Waals surface area contributed by atoms with Gasteiger partial charge in [-0.3, -0.25) is 4.99 Å². The number of allylic oxidation sites excluding steroid dienone is 1. The van der Waals surface area contributed by atoms with Gasteiger partial charge in [-0.25, -0.2) is 9.59 Å². The number of carbonyl (C=O) groups is 1. The average Bonchev–Trinajstić information content (AvgIpc) is 2.01. The number of carboxylic acids is 1. The second-order valence-electron chi connectivity index (χ2n) is 2.87. The molecule has 0 spiro atoms. The smallest absolute Gasteiger partial charge is 0.338 e. The van der Waals surface area contributed by atoms with Gasteiger partial charge in [-0.15, -0.1) is 0 Å². The van der Waals surface area contributed by atoms with E-state index in [1.807, 2.05) is 0 Å². The lowest BCUT2D eigenvalue weighted by Gasteiger charge is -2.12. The summed E-state index contributed by atoms with van der Waals surface area (Å²) in [6.45, 7) is 3.32. The fourth-order valence-corrected chi connectivity index (χ4v) is 1.32. The summed E-state index contributed by atoms with van der Waals surface area (Å²) in [6.07, 6.45) is 0.280. The standard InChI is InChI=1S/C9H9NO3/c1-5-3-7(4-11)8(9(12)13)6(2)10-5/h3H2,1-2H3,(H,12,13). The molecule has 4 nitrogen and oxygen atoms in total. The third-order valence-electron chi connectivity index (χ3n) is 1.79. The Bertz CT molecular complexity index is 370. The molecule has 0 unspecified atom stereocenters. The highest BCUT2D eigenvalue weighted by Gasteiger charge is 2.22. The van der Waals surface area contributed by atoms with Gasteiger partial charge in [0, 0.05) is 12.1 Å². The highest BCUT2D eigenvalue weighted by atomic mass is 16.4. The van der Waals surface area contributed by atoms with Crippen LogP contribution in [0.5, 0.6) is 0 Å². The van der Waals surface area contributed by atoms with E-state index in [1.165, 1.54) is 0 Å². The van der Waals surface area contributed by atoms with Crippen molar-refractivity contribution in [3.05, 3.63) is 16.8 Å². The predicted molar refractivity (Wildman–Crippen MR) is 47.3 cm³/mol. The van der Waals surface area contributed by atoms with E-state index in [0.29, 0.717) is 5.70 Å². The Kier molecular flexibility index (Phi) is 2.44. The highest BCUT2D eigenvalue weighted by Crippen LogP contribution is 2.22. The minimum absolute atomic E-state index is 0.0133. The lowest BCUT2D eigenvalue weighted by Crippen LogP contribution is -2.13. The van der Waals surface area contributed by atoms with Crippen molar-refractivity contribution in [2.45, 2.75) is 20.3 Å². The first kappa shape index (κ1) is 9.42. The van der Waals surface area contributed by atoms with Crippen LogP contribution in [0.15, 0.2) is 21.8 Å². The minimum Gasteiger partial charge on any atom is -0.478 e. The maximum atomic E-state index is 10.7. The van der Waals surface area contributed by atoms with Gasteiger partial charge in [0.05, 0.1) is 16.8 Å². The van der Waals surface area contributed by atoms with Crippen molar-refractivity contribution in [1.29, 1.82) is 0 Å². The van der Waals surface area contributed by atoms with Gasteiger partial charge in [-0.1, -0.05) is 0 Å². The Labute approximate surface area is 75.3 Å². The number of carbonyl (C=O) groups excluding carboxylic acids is 1. The molecule has 4 heteroatoms. The lowest BCUT2D eigenvalue weighted by atomic mass is 9.98. The van der Waals surface area contributed by atoms with Crippen molar-refractivity contribution < 1.29 is 14.7 Å². The molecule has 1 heterocycles. The van der Waals surface area contributed by atoms with Crippen molar-refractivity contribution in [3.8, 4) is 0 Å². The normalized spacial score (nSPS) is 16.8. The monoisotopic (exact) mass is 179 g/mol. The summed E-state index contributed by atoms with van der Waals surface area (Å²) >= 11 is 0. The number of nitrogens with zero attached hydrogens (tertiary/aromatic N) is 1. The van der Waals surface area contributed by atoms with Crippen LogP contribution in [-0.4, -0.2) is 22.7 Å². The van der Waals surface area contributed by atoms with E-state index >= 15 is 0 Å². The largest absolute Gasteiger partial charge is 0.478 e. The van der Waals surface area contributed by atoms with Crippen LogP contribution in [0.2, 0.25) is 0 Å². The second kappa shape index (κ2) is 3.37. The molecule has 0 atom stereocenters. The predicted octanol–water partition coefficient (Wildman–Crippen LogP) is 0.968. The Morgan fingerprint density at radius 3 is 2.62 bits per heavy atom. The molecule has 1 rings (SSSR count). The van der Waals surface area contributed by atoms with Gasteiger partial charge < -0.3 is 5.11 Å². The Hall–Kier alpha value is -1.67. The van der Waals surface area contributed by atoms with Crippen LogP contribution in [0.3, 0.4) is 0 Å². The molecule has 0 bridgehead atoms. The molecular formula is C9H9NO3. The molecule has 13 heavy (non-hydrogen) atoms. The zero-order valence-corrected chi connectivity index (χ0v) is 7.42. The SMILES string of the molecule is CC1=NC(C)=C(C(=O)O)C(=C=O)C1. The molecule has 1 aliphatic heterocycles. The molecule has 0 radical (unpaired) electrons. The first-order valence-electron chi connectivity index (χ1n) is 3.79. The van der Waals surface area contributed by atoms with Crippen molar-refractivity contribution in [1.82, 2.24) is 0 Å². The fourth-order valence-electron chi connectivity index (χ4n) is 1.32. The van der Waals surface area contributed by atoms with Crippen LogP contribution in [0, 0.1) is 0 Å². The first-order chi connectivity index (χ1) is 6.06. The Balaban J connectivity index is 3.31. The second-order valence-corrected chi connectivity index (χ2v) is 2.87. The van der Waals surface area contributed by atoms with Crippen LogP contribution in [-0.2, 0) is 9.59 Å². The van der Waals surface area contributed by atoms with E-state index in [1.54, 1.807) is 19.8 Å². The van der Waals surface area contributed by atoms with E-state index in [-0.39, 0.29) is 17.6 Å². The zero-order valence-electron chi connectivity index (χ0n) is 7.42. The number of carboxylic acid groups (broad SMARTS) is 1. The van der Waals surface area contributed by atoms with Crippen molar-refractivity contribution in [2.24, 2.45) is 4.99 Å². The van der Waals surface area contributed by atoms with Crippen LogP contribution >= 0.6 is 0 Å². The quantitative estimate of drug-likeness (QED) is 0.610. The number of aliphatic carboxylic acids is 1. The van der Waals surface area contributed by atoms with Crippen LogP contribution in [0.4, 0.5) is 0 Å². The number of hydrogen-bond acceptors (Lipinski definition) is 3. The first-order valence-corrected chi connectivity index (χ1v) is 3.79. The Morgan fingerprint density at radius 1 is 1.54 bits per heavy atom. The summed E-state index contributed by atoms with van der Waals surface area (Å²) in [5.74, 6) is 0.525. The summed E-state index contributed by atoms with van der Waals surface area (Å²) in [6, 6.07) is 0. The molecule has 0 aromatic heterocycles. The number of hydrogen-bond donors (Lipinski definition) is 1. The molecule has 1 aliphatic rings. The highest BCUT2D eigenvalue weighted by molar-refractivity contribution is 6.02. The topological polar surface area (TPSA) is 66.7 Å². The van der Waals surface area contributed by atoms with Gasteiger partial charge in [0.15, 0.2) is 0 Å². The van der Waals surface area contributed by atoms with E-state index < -0.39 is 5.97 Å². The summed E-state index contributed by atoms with van der Waals surface area (Å²) < 4.78 is 0.